The summed E-state index contributed by atoms with van der Waals surface area (Å²) in [5, 5.41) is 6.51. The summed E-state index contributed by atoms with van der Waals surface area (Å²) in [6, 6.07) is 15.4. The summed E-state index contributed by atoms with van der Waals surface area (Å²) in [5.41, 5.74) is 8.76. The van der Waals surface area contributed by atoms with Gasteiger partial charge in [-0.25, -0.2) is 5.43 Å². The number of hydrogen-bond donors (Lipinski definition) is 2. The summed E-state index contributed by atoms with van der Waals surface area (Å²) >= 11 is 0. The quantitative estimate of drug-likeness (QED) is 0.375. The number of hydrogen-bond acceptors (Lipinski definition) is 4. The van der Waals surface area contributed by atoms with Crippen molar-refractivity contribution < 1.29 is 14.3 Å². The van der Waals surface area contributed by atoms with Crippen molar-refractivity contribution in [3.8, 4) is 11.4 Å². The predicted molar refractivity (Wildman–Crippen MR) is 122 cm³/mol. The number of rotatable bonds is 5. The zero-order chi connectivity index (χ0) is 22.5. The van der Waals surface area contributed by atoms with Gasteiger partial charge in [-0.1, -0.05) is 24.3 Å². The lowest BCUT2D eigenvalue weighted by Gasteiger charge is -2.12. The Balaban J connectivity index is 1.70. The minimum atomic E-state index is -0.868. The van der Waals surface area contributed by atoms with Gasteiger partial charge >= 0.3 is 11.8 Å². The number of anilines is 1. The van der Waals surface area contributed by atoms with Gasteiger partial charge in [0.15, 0.2) is 0 Å². The molecular weight excluding hydrogens is 392 g/mol. The average Bonchev–Trinajstić information content (AvgIpc) is 3.01. The van der Waals surface area contributed by atoms with Crippen LogP contribution < -0.4 is 15.5 Å². The Hall–Kier alpha value is -3.87. The SMILES string of the molecule is COc1ccc(C)cc1NC(=O)C(=O)N/N=C\c1cc(C)n(-c2ccccc2C)c1C. The lowest BCUT2D eigenvalue weighted by atomic mass is 10.2. The Morgan fingerprint density at radius 3 is 2.45 bits per heavy atom. The molecule has 31 heavy (non-hydrogen) atoms. The molecular formula is C24H26N4O3. The fourth-order valence-corrected chi connectivity index (χ4v) is 3.41. The van der Waals surface area contributed by atoms with E-state index in [0.29, 0.717) is 11.4 Å². The van der Waals surface area contributed by atoms with E-state index in [-0.39, 0.29) is 0 Å². The van der Waals surface area contributed by atoms with Gasteiger partial charge in [-0.2, -0.15) is 5.10 Å². The molecule has 3 aromatic rings. The first kappa shape index (κ1) is 21.8. The van der Waals surface area contributed by atoms with Crippen LogP contribution in [0.4, 0.5) is 5.69 Å². The fourth-order valence-electron chi connectivity index (χ4n) is 3.41. The van der Waals surface area contributed by atoms with Gasteiger partial charge in [0.1, 0.15) is 5.75 Å². The maximum absolute atomic E-state index is 12.2. The summed E-state index contributed by atoms with van der Waals surface area (Å²) in [6.45, 7) is 7.94. The molecule has 0 aliphatic heterocycles. The smallest absolute Gasteiger partial charge is 0.329 e. The van der Waals surface area contributed by atoms with Crippen LogP contribution in [0.15, 0.2) is 53.6 Å². The first-order valence-electron chi connectivity index (χ1n) is 9.85. The van der Waals surface area contributed by atoms with E-state index < -0.39 is 11.8 Å². The summed E-state index contributed by atoms with van der Waals surface area (Å²) in [6.07, 6.45) is 1.54. The van der Waals surface area contributed by atoms with E-state index in [1.165, 1.54) is 13.3 Å². The minimum absolute atomic E-state index is 0.424. The van der Waals surface area contributed by atoms with Gasteiger partial charge in [0.05, 0.1) is 19.0 Å². The molecule has 0 fully saturated rings. The van der Waals surface area contributed by atoms with E-state index in [4.69, 9.17) is 4.74 Å². The minimum Gasteiger partial charge on any atom is -0.495 e. The van der Waals surface area contributed by atoms with E-state index >= 15 is 0 Å². The van der Waals surface area contributed by atoms with Gasteiger partial charge in [-0.3, -0.25) is 9.59 Å². The second kappa shape index (κ2) is 9.30. The van der Waals surface area contributed by atoms with Gasteiger partial charge in [-0.15, -0.1) is 0 Å². The molecule has 0 saturated heterocycles. The van der Waals surface area contributed by atoms with Gasteiger partial charge in [0.25, 0.3) is 0 Å². The molecule has 0 radical (unpaired) electrons. The second-order valence-electron chi connectivity index (χ2n) is 7.31. The van der Waals surface area contributed by atoms with E-state index in [2.05, 4.69) is 39.5 Å². The molecule has 0 saturated carbocycles. The monoisotopic (exact) mass is 418 g/mol. The molecule has 0 aliphatic rings. The van der Waals surface area contributed by atoms with Crippen LogP contribution in [0, 0.1) is 27.7 Å². The molecule has 2 amide bonds. The molecule has 0 spiro atoms. The van der Waals surface area contributed by atoms with Crippen molar-refractivity contribution >= 4 is 23.7 Å². The van der Waals surface area contributed by atoms with Crippen LogP contribution in [0.5, 0.6) is 5.75 Å². The van der Waals surface area contributed by atoms with Crippen LogP contribution >= 0.6 is 0 Å². The summed E-state index contributed by atoms with van der Waals surface area (Å²) in [4.78, 5) is 24.4. The molecule has 7 nitrogen and oxygen atoms in total. The molecule has 2 N–H and O–H groups in total. The number of nitrogens with zero attached hydrogens (tertiary/aromatic N) is 2. The van der Waals surface area contributed by atoms with E-state index in [1.54, 1.807) is 12.1 Å². The molecule has 7 heteroatoms. The van der Waals surface area contributed by atoms with Crippen molar-refractivity contribution in [1.29, 1.82) is 0 Å². The molecule has 3 rings (SSSR count). The first-order chi connectivity index (χ1) is 14.8. The fraction of sp³-hybridized carbons (Fsp3) is 0.208. The largest absolute Gasteiger partial charge is 0.495 e. The van der Waals surface area contributed by atoms with Crippen LogP contribution in [0.3, 0.4) is 0 Å². The van der Waals surface area contributed by atoms with Gasteiger partial charge in [-0.05, 0) is 63.1 Å². The number of amides is 2. The molecule has 0 unspecified atom stereocenters. The molecule has 2 aromatic carbocycles. The van der Waals surface area contributed by atoms with Crippen LogP contribution in [-0.4, -0.2) is 29.7 Å². The molecule has 1 aromatic heterocycles. The van der Waals surface area contributed by atoms with Crippen LogP contribution in [0.2, 0.25) is 0 Å². The van der Waals surface area contributed by atoms with Crippen molar-refractivity contribution in [2.45, 2.75) is 27.7 Å². The molecule has 1 heterocycles. The Morgan fingerprint density at radius 1 is 1.00 bits per heavy atom. The van der Waals surface area contributed by atoms with Crippen molar-refractivity contribution in [2.75, 3.05) is 12.4 Å². The number of benzene rings is 2. The second-order valence-corrected chi connectivity index (χ2v) is 7.31. The topological polar surface area (TPSA) is 84.7 Å². The maximum Gasteiger partial charge on any atom is 0.329 e. The van der Waals surface area contributed by atoms with Gasteiger partial charge < -0.3 is 14.6 Å². The van der Waals surface area contributed by atoms with Gasteiger partial charge in [0.2, 0.25) is 0 Å². The Morgan fingerprint density at radius 2 is 1.74 bits per heavy atom. The highest BCUT2D eigenvalue weighted by Crippen LogP contribution is 2.25. The Kier molecular flexibility index (Phi) is 6.55. The average molecular weight is 418 g/mol. The Labute approximate surface area is 181 Å². The molecule has 0 bridgehead atoms. The summed E-state index contributed by atoms with van der Waals surface area (Å²) in [7, 11) is 1.50. The summed E-state index contributed by atoms with van der Waals surface area (Å²) < 4.78 is 7.35. The molecule has 0 atom stereocenters. The standard InChI is InChI=1S/C24H26N4O3/c1-15-10-11-22(31-5)20(12-15)26-23(29)24(30)27-25-14-19-13-17(3)28(18(19)4)21-9-7-6-8-16(21)2/h6-14H,1-5H3,(H,26,29)(H,27,30)/b25-14-. The van der Waals surface area contributed by atoms with E-state index in [0.717, 1.165) is 33.8 Å². The number of hydrazone groups is 1. The lowest BCUT2D eigenvalue weighted by Crippen LogP contribution is -2.32. The van der Waals surface area contributed by atoms with Crippen LogP contribution in [0.25, 0.3) is 5.69 Å². The van der Waals surface area contributed by atoms with Gasteiger partial charge in [0, 0.05) is 22.6 Å². The third-order valence-electron chi connectivity index (χ3n) is 5.01. The highest BCUT2D eigenvalue weighted by atomic mass is 16.5. The number of ether oxygens (including phenoxy) is 1. The molecule has 160 valence electrons. The normalized spacial score (nSPS) is 10.9. The van der Waals surface area contributed by atoms with Crippen molar-refractivity contribution in [2.24, 2.45) is 5.10 Å². The predicted octanol–water partition coefficient (Wildman–Crippen LogP) is 3.81. The number of carbonyl (C=O) groups is 2. The van der Waals surface area contributed by atoms with E-state index in [1.807, 2.05) is 45.0 Å². The van der Waals surface area contributed by atoms with Crippen molar-refractivity contribution in [3.05, 3.63) is 76.6 Å². The number of para-hydroxylation sites is 1. The lowest BCUT2D eigenvalue weighted by molar-refractivity contribution is -0.136. The van der Waals surface area contributed by atoms with Crippen LogP contribution in [0.1, 0.15) is 28.1 Å². The number of nitrogens with one attached hydrogen (secondary N) is 2. The first-order valence-corrected chi connectivity index (χ1v) is 9.85. The third kappa shape index (κ3) is 4.83. The number of aromatic nitrogens is 1. The molecule has 0 aliphatic carbocycles. The Bertz CT molecular complexity index is 1160. The van der Waals surface area contributed by atoms with Crippen molar-refractivity contribution in [3.63, 3.8) is 0 Å². The van der Waals surface area contributed by atoms with E-state index in [9.17, 15) is 9.59 Å². The summed E-state index contributed by atoms with van der Waals surface area (Å²) in [5.74, 6) is -1.22. The zero-order valence-corrected chi connectivity index (χ0v) is 18.3. The highest BCUT2D eigenvalue weighted by molar-refractivity contribution is 6.39. The number of methoxy groups -OCH3 is 1. The maximum atomic E-state index is 12.2. The van der Waals surface area contributed by atoms with Crippen LogP contribution in [-0.2, 0) is 9.59 Å². The highest BCUT2D eigenvalue weighted by Gasteiger charge is 2.16. The third-order valence-corrected chi connectivity index (χ3v) is 5.01. The number of aryl methyl sites for hydroxylation is 3. The zero-order valence-electron chi connectivity index (χ0n) is 18.3. The number of carbonyl (C=O) groups excluding carboxylic acids is 2. The van der Waals surface area contributed by atoms with Crippen molar-refractivity contribution in [1.82, 2.24) is 9.99 Å².